The van der Waals surface area contributed by atoms with E-state index < -0.39 is 11.7 Å². The van der Waals surface area contributed by atoms with Gasteiger partial charge in [0.25, 0.3) is 0 Å². The van der Waals surface area contributed by atoms with E-state index in [0.717, 1.165) is 0 Å². The largest absolute Gasteiger partial charge is 0.453 e. The molecular formula is C20H24Cl2FN3O3. The average Bonchev–Trinajstić information content (AvgIpc) is 2.68. The third kappa shape index (κ3) is 6.59. The van der Waals surface area contributed by atoms with Gasteiger partial charge in [0.1, 0.15) is 5.75 Å². The summed E-state index contributed by atoms with van der Waals surface area (Å²) in [5, 5.41) is 6.00. The number of hydrogen-bond acceptors (Lipinski definition) is 4. The molecule has 9 heteroatoms. The van der Waals surface area contributed by atoms with Gasteiger partial charge in [0.2, 0.25) is 12.3 Å². The van der Waals surface area contributed by atoms with Crippen LogP contribution in [0.5, 0.6) is 11.5 Å². The monoisotopic (exact) mass is 443 g/mol. The number of carbonyl (C=O) groups is 2. The van der Waals surface area contributed by atoms with Gasteiger partial charge >= 0.3 is 0 Å². The lowest BCUT2D eigenvalue weighted by Gasteiger charge is -2.24. The van der Waals surface area contributed by atoms with Crippen molar-refractivity contribution in [1.29, 1.82) is 0 Å². The van der Waals surface area contributed by atoms with Crippen LogP contribution in [-0.4, -0.2) is 24.9 Å². The van der Waals surface area contributed by atoms with Gasteiger partial charge in [-0.25, -0.2) is 4.39 Å². The molecule has 2 amide bonds. The maximum atomic E-state index is 15.2. The van der Waals surface area contributed by atoms with Crippen molar-refractivity contribution in [2.45, 2.75) is 32.4 Å². The summed E-state index contributed by atoms with van der Waals surface area (Å²) in [6.45, 7) is 4.24. The van der Waals surface area contributed by atoms with Gasteiger partial charge in [-0.15, -0.1) is 12.4 Å². The Morgan fingerprint density at radius 3 is 2.48 bits per heavy atom. The van der Waals surface area contributed by atoms with Crippen LogP contribution in [0.25, 0.3) is 0 Å². The van der Waals surface area contributed by atoms with Gasteiger partial charge in [-0.05, 0) is 43.7 Å². The molecular weight excluding hydrogens is 420 g/mol. The van der Waals surface area contributed by atoms with Crippen LogP contribution in [0.4, 0.5) is 4.39 Å². The fourth-order valence-electron chi connectivity index (χ4n) is 2.77. The van der Waals surface area contributed by atoms with E-state index in [1.807, 2.05) is 13.8 Å². The molecule has 0 aliphatic rings. The highest BCUT2D eigenvalue weighted by atomic mass is 35.5. The molecule has 0 unspecified atom stereocenters. The summed E-state index contributed by atoms with van der Waals surface area (Å²) >= 11 is 6.15. The number of nitrogens with two attached hydrogens (primary N) is 1. The number of carbonyl (C=O) groups excluding carboxylic acids is 2. The van der Waals surface area contributed by atoms with Crippen molar-refractivity contribution in [2.24, 2.45) is 5.73 Å². The molecule has 158 valence electrons. The molecule has 0 radical (unpaired) electrons. The standard InChI is InChI=1S/C20H23ClFN3O3.ClH/c1-3-17(25-12(2)10-24-11-26)15-8-9-16(21)19(18(15)22)28-14-6-4-13(5-7-14)20(23)27;/h4-9,11-12,17,25H,3,10H2,1-2H3,(H2,23,27)(H,24,26);1H/t12-,17+;/m0./s1. The molecule has 6 nitrogen and oxygen atoms in total. The number of nitrogens with one attached hydrogen (secondary N) is 2. The summed E-state index contributed by atoms with van der Waals surface area (Å²) in [6.07, 6.45) is 1.24. The summed E-state index contributed by atoms with van der Waals surface area (Å²) in [5.41, 5.74) is 5.94. The van der Waals surface area contributed by atoms with Crippen LogP contribution in [0.3, 0.4) is 0 Å². The molecule has 0 spiro atoms. The first-order chi connectivity index (χ1) is 13.4. The first-order valence-corrected chi connectivity index (χ1v) is 9.23. The second-order valence-electron chi connectivity index (χ2n) is 6.33. The van der Waals surface area contributed by atoms with E-state index in [9.17, 15) is 9.59 Å². The molecule has 0 aliphatic heterocycles. The molecule has 0 saturated carbocycles. The molecule has 0 aliphatic carbocycles. The lowest BCUT2D eigenvalue weighted by molar-refractivity contribution is -0.109. The van der Waals surface area contributed by atoms with E-state index in [0.29, 0.717) is 36.3 Å². The van der Waals surface area contributed by atoms with Crippen molar-refractivity contribution in [2.75, 3.05) is 6.54 Å². The fourth-order valence-corrected chi connectivity index (χ4v) is 2.95. The fraction of sp³-hybridized carbons (Fsp3) is 0.300. The summed E-state index contributed by atoms with van der Waals surface area (Å²) in [5.74, 6) is -0.897. The first-order valence-electron chi connectivity index (χ1n) is 8.86. The second kappa shape index (κ2) is 11.6. The summed E-state index contributed by atoms with van der Waals surface area (Å²) in [4.78, 5) is 21.6. The molecule has 0 fully saturated rings. The average molecular weight is 444 g/mol. The van der Waals surface area contributed by atoms with Gasteiger partial charge in [-0.3, -0.25) is 9.59 Å². The Morgan fingerprint density at radius 2 is 1.93 bits per heavy atom. The number of hydrogen-bond donors (Lipinski definition) is 3. The summed E-state index contributed by atoms with van der Waals surface area (Å²) < 4.78 is 20.8. The highest BCUT2D eigenvalue weighted by molar-refractivity contribution is 6.32. The number of benzene rings is 2. The number of primary amides is 1. The quantitative estimate of drug-likeness (QED) is 0.484. The van der Waals surface area contributed by atoms with Crippen molar-refractivity contribution in [1.82, 2.24) is 10.6 Å². The smallest absolute Gasteiger partial charge is 0.248 e. The van der Waals surface area contributed by atoms with Crippen LogP contribution in [0, 0.1) is 5.82 Å². The van der Waals surface area contributed by atoms with Crippen LogP contribution < -0.4 is 21.1 Å². The second-order valence-corrected chi connectivity index (χ2v) is 6.73. The van der Waals surface area contributed by atoms with E-state index >= 15 is 4.39 Å². The van der Waals surface area contributed by atoms with Crippen LogP contribution in [0.2, 0.25) is 5.02 Å². The van der Waals surface area contributed by atoms with E-state index in [4.69, 9.17) is 22.1 Å². The van der Waals surface area contributed by atoms with Crippen LogP contribution >= 0.6 is 24.0 Å². The van der Waals surface area contributed by atoms with Crippen molar-refractivity contribution in [3.8, 4) is 11.5 Å². The zero-order chi connectivity index (χ0) is 20.7. The predicted octanol–water partition coefficient (Wildman–Crippen LogP) is 3.97. The van der Waals surface area contributed by atoms with Gasteiger partial charge in [-0.2, -0.15) is 0 Å². The maximum absolute atomic E-state index is 15.2. The van der Waals surface area contributed by atoms with Gasteiger partial charge in [0, 0.05) is 29.8 Å². The molecule has 4 N–H and O–H groups in total. The lowest BCUT2D eigenvalue weighted by atomic mass is 10.0. The number of ether oxygens (including phenoxy) is 1. The molecule has 0 heterocycles. The van der Waals surface area contributed by atoms with Crippen molar-refractivity contribution < 1.29 is 18.7 Å². The van der Waals surface area contributed by atoms with Crippen molar-refractivity contribution in [3.05, 3.63) is 58.4 Å². The van der Waals surface area contributed by atoms with Gasteiger partial charge in [0.05, 0.1) is 5.02 Å². The Balaban J connectivity index is 0.00000420. The molecule has 29 heavy (non-hydrogen) atoms. The van der Waals surface area contributed by atoms with E-state index in [2.05, 4.69) is 10.6 Å². The zero-order valence-electron chi connectivity index (χ0n) is 16.1. The molecule has 2 atom stereocenters. The normalized spacial score (nSPS) is 12.4. The summed E-state index contributed by atoms with van der Waals surface area (Å²) in [7, 11) is 0. The number of halogens is 3. The molecule has 0 saturated heterocycles. The number of rotatable bonds is 10. The lowest BCUT2D eigenvalue weighted by Crippen LogP contribution is -2.38. The minimum atomic E-state index is -0.568. The Bertz CT molecular complexity index is 834. The SMILES string of the molecule is CC[C@@H](N[C@@H](C)CNC=O)c1ccc(Cl)c(Oc2ccc(C(N)=O)cc2)c1F.Cl. The van der Waals surface area contributed by atoms with Crippen molar-refractivity contribution >= 4 is 36.3 Å². The zero-order valence-corrected chi connectivity index (χ0v) is 17.6. The molecule has 2 rings (SSSR count). The van der Waals surface area contributed by atoms with Gasteiger partial charge in [-0.1, -0.05) is 24.6 Å². The third-order valence-electron chi connectivity index (χ3n) is 4.21. The van der Waals surface area contributed by atoms with Crippen LogP contribution in [-0.2, 0) is 4.79 Å². The minimum Gasteiger partial charge on any atom is -0.453 e. The van der Waals surface area contributed by atoms with Crippen LogP contribution in [0.1, 0.15) is 42.2 Å². The Morgan fingerprint density at radius 1 is 1.28 bits per heavy atom. The van der Waals surface area contributed by atoms with Crippen LogP contribution in [0.15, 0.2) is 36.4 Å². The maximum Gasteiger partial charge on any atom is 0.248 e. The third-order valence-corrected chi connectivity index (χ3v) is 4.51. The Hall–Kier alpha value is -2.35. The Kier molecular flexibility index (Phi) is 9.88. The topological polar surface area (TPSA) is 93.4 Å². The molecule has 2 aromatic rings. The molecule has 0 aromatic heterocycles. The van der Waals surface area contributed by atoms with E-state index in [1.54, 1.807) is 12.1 Å². The van der Waals surface area contributed by atoms with Crippen molar-refractivity contribution in [3.63, 3.8) is 0 Å². The summed E-state index contributed by atoms with van der Waals surface area (Å²) in [6, 6.07) is 8.86. The van der Waals surface area contributed by atoms with E-state index in [-0.39, 0.29) is 35.3 Å². The number of amides is 2. The molecule has 0 bridgehead atoms. The Labute approximate surface area is 180 Å². The highest BCUT2D eigenvalue weighted by Crippen LogP contribution is 2.36. The minimum absolute atomic E-state index is 0. The van der Waals surface area contributed by atoms with Gasteiger partial charge in [0.15, 0.2) is 11.6 Å². The van der Waals surface area contributed by atoms with E-state index in [1.165, 1.54) is 24.3 Å². The first kappa shape index (κ1) is 24.7. The predicted molar refractivity (Wildman–Crippen MR) is 113 cm³/mol. The van der Waals surface area contributed by atoms with Gasteiger partial charge < -0.3 is 21.1 Å². The molecule has 2 aromatic carbocycles. The highest BCUT2D eigenvalue weighted by Gasteiger charge is 2.21.